The molecule has 26 heavy (non-hydrogen) atoms. The maximum atomic E-state index is 12.7. The third-order valence-electron chi connectivity index (χ3n) is 4.49. The second-order valence-corrected chi connectivity index (χ2v) is 6.59. The Kier molecular flexibility index (Phi) is 5.11. The molecular formula is C20H20N2O4. The minimum absolute atomic E-state index is 0.0549. The van der Waals surface area contributed by atoms with Crippen molar-refractivity contribution in [3.8, 4) is 0 Å². The third-order valence-corrected chi connectivity index (χ3v) is 4.49. The first-order chi connectivity index (χ1) is 12.5. The molecule has 1 fully saturated rings. The maximum Gasteiger partial charge on any atom is 0.263 e. The van der Waals surface area contributed by atoms with Crippen LogP contribution in [-0.2, 0) is 6.54 Å². The SMILES string of the molecule is CNC(=O)c1cc(C(=O)CC2CC2)cn(Cc2cccc(C=O)c2)c1=O. The lowest BCUT2D eigenvalue weighted by Gasteiger charge is -2.11. The molecule has 2 aromatic rings. The number of carbonyl (C=O) groups excluding carboxylic acids is 3. The van der Waals surface area contributed by atoms with Gasteiger partial charge < -0.3 is 9.88 Å². The van der Waals surface area contributed by atoms with Gasteiger partial charge in [-0.25, -0.2) is 0 Å². The molecule has 0 radical (unpaired) electrons. The average Bonchev–Trinajstić information content (AvgIpc) is 3.46. The van der Waals surface area contributed by atoms with Gasteiger partial charge in [-0.1, -0.05) is 18.2 Å². The highest BCUT2D eigenvalue weighted by molar-refractivity contribution is 6.00. The molecule has 0 atom stereocenters. The lowest BCUT2D eigenvalue weighted by atomic mass is 10.0. The molecule has 3 rings (SSSR count). The predicted octanol–water partition coefficient (Wildman–Crippen LogP) is 2.05. The van der Waals surface area contributed by atoms with E-state index in [4.69, 9.17) is 0 Å². The number of aromatic nitrogens is 1. The molecule has 6 nitrogen and oxygen atoms in total. The number of amides is 1. The number of benzene rings is 1. The zero-order valence-corrected chi connectivity index (χ0v) is 14.5. The van der Waals surface area contributed by atoms with Crippen molar-refractivity contribution < 1.29 is 14.4 Å². The van der Waals surface area contributed by atoms with Crippen LogP contribution in [0, 0.1) is 5.92 Å². The number of hydrogen-bond acceptors (Lipinski definition) is 4. The summed E-state index contributed by atoms with van der Waals surface area (Å²) >= 11 is 0. The van der Waals surface area contributed by atoms with Crippen molar-refractivity contribution in [2.24, 2.45) is 5.92 Å². The van der Waals surface area contributed by atoms with Crippen LogP contribution in [-0.4, -0.2) is 29.6 Å². The van der Waals surface area contributed by atoms with Gasteiger partial charge in [-0.05, 0) is 36.5 Å². The van der Waals surface area contributed by atoms with Crippen molar-refractivity contribution in [1.82, 2.24) is 9.88 Å². The zero-order valence-electron chi connectivity index (χ0n) is 14.5. The first-order valence-corrected chi connectivity index (χ1v) is 8.55. The van der Waals surface area contributed by atoms with E-state index in [9.17, 15) is 19.2 Å². The summed E-state index contributed by atoms with van der Waals surface area (Å²) in [6.07, 6.45) is 4.77. The fourth-order valence-corrected chi connectivity index (χ4v) is 2.87. The number of hydrogen-bond donors (Lipinski definition) is 1. The largest absolute Gasteiger partial charge is 0.355 e. The highest BCUT2D eigenvalue weighted by atomic mass is 16.2. The molecule has 1 aromatic heterocycles. The monoisotopic (exact) mass is 352 g/mol. The summed E-state index contributed by atoms with van der Waals surface area (Å²) in [7, 11) is 1.44. The van der Waals surface area contributed by atoms with Crippen molar-refractivity contribution in [3.63, 3.8) is 0 Å². The van der Waals surface area contributed by atoms with Crippen LogP contribution in [0.5, 0.6) is 0 Å². The molecule has 0 saturated heterocycles. The molecule has 1 N–H and O–H groups in total. The Morgan fingerprint density at radius 2 is 2.04 bits per heavy atom. The minimum Gasteiger partial charge on any atom is -0.355 e. The number of ketones is 1. The first kappa shape index (κ1) is 17.8. The van der Waals surface area contributed by atoms with Crippen LogP contribution in [0.3, 0.4) is 0 Å². The molecular weight excluding hydrogens is 332 g/mol. The van der Waals surface area contributed by atoms with Gasteiger partial charge in [0.15, 0.2) is 5.78 Å². The van der Waals surface area contributed by atoms with Crippen LogP contribution in [0.25, 0.3) is 0 Å². The van der Waals surface area contributed by atoms with Crippen LogP contribution < -0.4 is 10.9 Å². The van der Waals surface area contributed by atoms with Crippen molar-refractivity contribution >= 4 is 18.0 Å². The number of nitrogens with one attached hydrogen (secondary N) is 1. The molecule has 0 unspecified atom stereocenters. The van der Waals surface area contributed by atoms with Gasteiger partial charge in [-0.3, -0.25) is 19.2 Å². The van der Waals surface area contributed by atoms with Gasteiger partial charge in [0.05, 0.1) is 6.54 Å². The van der Waals surface area contributed by atoms with Crippen LogP contribution in [0.15, 0.2) is 41.3 Å². The maximum absolute atomic E-state index is 12.7. The van der Waals surface area contributed by atoms with Gasteiger partial charge in [-0.15, -0.1) is 0 Å². The molecule has 0 spiro atoms. The molecule has 1 saturated carbocycles. The summed E-state index contributed by atoms with van der Waals surface area (Å²) in [5.41, 5.74) is 1.08. The fourth-order valence-electron chi connectivity index (χ4n) is 2.87. The Labute approximate surface area is 150 Å². The van der Waals surface area contributed by atoms with Gasteiger partial charge in [0.1, 0.15) is 11.8 Å². The van der Waals surface area contributed by atoms with E-state index in [0.717, 1.165) is 24.7 Å². The van der Waals surface area contributed by atoms with E-state index in [1.54, 1.807) is 24.3 Å². The number of rotatable bonds is 7. The zero-order chi connectivity index (χ0) is 18.7. The summed E-state index contributed by atoms with van der Waals surface area (Å²) in [6, 6.07) is 8.25. The van der Waals surface area contributed by atoms with E-state index in [-0.39, 0.29) is 17.9 Å². The highest BCUT2D eigenvalue weighted by Gasteiger charge is 2.26. The van der Waals surface area contributed by atoms with E-state index < -0.39 is 11.5 Å². The number of nitrogens with zero attached hydrogens (tertiary/aromatic N) is 1. The molecule has 6 heteroatoms. The standard InChI is InChI=1S/C20H20N2O4/c1-21-19(25)17-9-16(18(24)8-13-5-6-13)11-22(20(17)26)10-14-3-2-4-15(7-14)12-23/h2-4,7,9,11-13H,5-6,8,10H2,1H3,(H,21,25). The molecule has 0 aliphatic heterocycles. The summed E-state index contributed by atoms with van der Waals surface area (Å²) in [5.74, 6) is -0.171. The summed E-state index contributed by atoms with van der Waals surface area (Å²) in [5, 5.41) is 2.44. The molecule has 134 valence electrons. The highest BCUT2D eigenvalue weighted by Crippen LogP contribution is 2.33. The van der Waals surface area contributed by atoms with Gasteiger partial charge in [0, 0.05) is 30.8 Å². The third kappa shape index (κ3) is 3.96. The molecule has 1 heterocycles. The molecule has 1 aliphatic carbocycles. The van der Waals surface area contributed by atoms with Crippen molar-refractivity contribution in [3.05, 3.63) is 69.1 Å². The van der Waals surface area contributed by atoms with Crippen molar-refractivity contribution in [1.29, 1.82) is 0 Å². The smallest absolute Gasteiger partial charge is 0.263 e. The Morgan fingerprint density at radius 1 is 1.27 bits per heavy atom. The summed E-state index contributed by atoms with van der Waals surface area (Å²) in [4.78, 5) is 48.2. The lowest BCUT2D eigenvalue weighted by Crippen LogP contribution is -2.32. The van der Waals surface area contributed by atoms with E-state index in [1.165, 1.54) is 23.9 Å². The normalized spacial score (nSPS) is 13.3. The molecule has 1 aromatic carbocycles. The number of aldehydes is 1. The first-order valence-electron chi connectivity index (χ1n) is 8.55. The molecule has 1 aliphatic rings. The number of carbonyl (C=O) groups is 3. The minimum atomic E-state index is -0.522. The van der Waals surface area contributed by atoms with Crippen LogP contribution in [0.2, 0.25) is 0 Å². The van der Waals surface area contributed by atoms with Crippen LogP contribution >= 0.6 is 0 Å². The fraction of sp³-hybridized carbons (Fsp3) is 0.300. The van der Waals surface area contributed by atoms with E-state index in [0.29, 0.717) is 23.5 Å². The number of Topliss-reactive ketones (excluding diaryl/α,β-unsaturated/α-hetero) is 1. The van der Waals surface area contributed by atoms with E-state index >= 15 is 0 Å². The van der Waals surface area contributed by atoms with Crippen molar-refractivity contribution in [2.45, 2.75) is 25.8 Å². The Morgan fingerprint density at radius 3 is 2.69 bits per heavy atom. The van der Waals surface area contributed by atoms with E-state index in [2.05, 4.69) is 5.32 Å². The van der Waals surface area contributed by atoms with Crippen molar-refractivity contribution in [2.75, 3.05) is 7.05 Å². The van der Waals surface area contributed by atoms with Gasteiger partial charge in [-0.2, -0.15) is 0 Å². The molecule has 1 amide bonds. The average molecular weight is 352 g/mol. The second kappa shape index (κ2) is 7.47. The van der Waals surface area contributed by atoms with E-state index in [1.807, 2.05) is 0 Å². The van der Waals surface area contributed by atoms with Crippen LogP contribution in [0.1, 0.15) is 55.9 Å². The van der Waals surface area contributed by atoms with Gasteiger partial charge in [0.2, 0.25) is 0 Å². The van der Waals surface area contributed by atoms with Crippen LogP contribution in [0.4, 0.5) is 0 Å². The topological polar surface area (TPSA) is 85.2 Å². The Balaban J connectivity index is 2.00. The lowest BCUT2D eigenvalue weighted by molar-refractivity contribution is 0.0960. The Bertz CT molecular complexity index is 926. The molecule has 0 bridgehead atoms. The quantitative estimate of drug-likeness (QED) is 0.610. The van der Waals surface area contributed by atoms with Gasteiger partial charge >= 0.3 is 0 Å². The number of pyridine rings is 1. The Hall–Kier alpha value is -3.02. The second-order valence-electron chi connectivity index (χ2n) is 6.59. The predicted molar refractivity (Wildman–Crippen MR) is 96.7 cm³/mol. The van der Waals surface area contributed by atoms with Gasteiger partial charge in [0.25, 0.3) is 11.5 Å². The summed E-state index contributed by atoms with van der Waals surface area (Å²) < 4.78 is 1.36. The summed E-state index contributed by atoms with van der Waals surface area (Å²) in [6.45, 7) is 0.176.